The van der Waals surface area contributed by atoms with Gasteiger partial charge in [0.1, 0.15) is 11.2 Å². The van der Waals surface area contributed by atoms with Crippen LogP contribution in [-0.4, -0.2) is 23.8 Å². The molecule has 1 amide bonds. The van der Waals surface area contributed by atoms with Crippen LogP contribution >= 0.6 is 11.6 Å². The predicted octanol–water partition coefficient (Wildman–Crippen LogP) is 6.90. The van der Waals surface area contributed by atoms with E-state index < -0.39 is 46.8 Å². The second-order valence-corrected chi connectivity index (χ2v) is 13.7. The van der Waals surface area contributed by atoms with E-state index in [4.69, 9.17) is 11.6 Å². The molecule has 3 aliphatic rings. The van der Waals surface area contributed by atoms with Crippen molar-refractivity contribution in [2.75, 3.05) is 5.32 Å². The number of benzene rings is 2. The third-order valence-corrected chi connectivity index (χ3v) is 8.83. The zero-order valence-corrected chi connectivity index (χ0v) is 23.1. The zero-order valence-electron chi connectivity index (χ0n) is 22.4. The second-order valence-electron chi connectivity index (χ2n) is 13.3. The van der Waals surface area contributed by atoms with E-state index in [-0.39, 0.29) is 39.5 Å². The summed E-state index contributed by atoms with van der Waals surface area (Å²) in [5.74, 6) is -4.42. The number of fused-ring (bicyclic) bond motifs is 2. The van der Waals surface area contributed by atoms with E-state index in [1.165, 1.54) is 24.3 Å². The van der Waals surface area contributed by atoms with Gasteiger partial charge in [0.25, 0.3) is 0 Å². The van der Waals surface area contributed by atoms with Crippen molar-refractivity contribution < 1.29 is 22.8 Å². The molecule has 2 aromatic rings. The minimum Gasteiger partial charge on any atom is -0.325 e. The Morgan fingerprint density at radius 3 is 2.42 bits per heavy atom. The first-order valence-electron chi connectivity index (χ1n) is 13.2. The molecule has 2 aliphatic heterocycles. The molecule has 1 saturated heterocycles. The summed E-state index contributed by atoms with van der Waals surface area (Å²) in [5.41, 5.74) is -1.14. The Bertz CT molecular complexity index is 1310. The maximum Gasteiger partial charge on any atom is 0.237 e. The normalized spacial score (nSPS) is 28.3. The molecule has 1 saturated carbocycles. The summed E-state index contributed by atoms with van der Waals surface area (Å²) in [6.07, 6.45) is 2.50. The van der Waals surface area contributed by atoms with Gasteiger partial charge in [-0.3, -0.25) is 9.59 Å². The molecule has 2 fully saturated rings. The van der Waals surface area contributed by atoms with Crippen LogP contribution in [0.1, 0.15) is 77.3 Å². The zero-order chi connectivity index (χ0) is 27.8. The molecule has 2 aromatic carbocycles. The number of carbonyl (C=O) groups is 2. The Kier molecular flexibility index (Phi) is 6.50. The Morgan fingerprint density at radius 1 is 1.11 bits per heavy atom. The predicted molar refractivity (Wildman–Crippen MR) is 142 cm³/mol. The number of anilines is 1. The average Bonchev–Trinajstić information content (AvgIpc) is 3.24. The van der Waals surface area contributed by atoms with Crippen molar-refractivity contribution in [3.8, 4) is 0 Å². The van der Waals surface area contributed by atoms with Gasteiger partial charge in [-0.1, -0.05) is 58.4 Å². The molecule has 204 valence electrons. The Labute approximate surface area is 226 Å². The van der Waals surface area contributed by atoms with Crippen molar-refractivity contribution in [1.82, 2.24) is 5.32 Å². The van der Waals surface area contributed by atoms with Gasteiger partial charge in [0, 0.05) is 24.1 Å². The highest BCUT2D eigenvalue weighted by Crippen LogP contribution is 2.58. The van der Waals surface area contributed by atoms with Gasteiger partial charge in [-0.15, -0.1) is 0 Å². The summed E-state index contributed by atoms with van der Waals surface area (Å²) < 4.78 is 45.1. The fraction of sp³-hybridized carbons (Fsp3) is 0.533. The first-order chi connectivity index (χ1) is 17.6. The molecule has 4 nitrogen and oxygen atoms in total. The Balaban J connectivity index is 1.71. The maximum atomic E-state index is 15.5. The minimum absolute atomic E-state index is 0.0699. The van der Waals surface area contributed by atoms with E-state index in [0.29, 0.717) is 17.7 Å². The number of nitrogens with one attached hydrogen (secondary N) is 2. The van der Waals surface area contributed by atoms with Crippen molar-refractivity contribution in [1.29, 1.82) is 0 Å². The van der Waals surface area contributed by atoms with E-state index in [2.05, 4.69) is 24.5 Å². The minimum atomic E-state index is -1.55. The lowest BCUT2D eigenvalue weighted by Gasteiger charge is -2.43. The van der Waals surface area contributed by atoms with Crippen molar-refractivity contribution in [2.45, 2.75) is 83.7 Å². The number of halogens is 4. The highest BCUT2D eigenvalue weighted by molar-refractivity contribution is 6.31. The summed E-state index contributed by atoms with van der Waals surface area (Å²) >= 11 is 6.05. The Morgan fingerprint density at radius 2 is 1.79 bits per heavy atom. The van der Waals surface area contributed by atoms with Crippen LogP contribution in [0.15, 0.2) is 30.3 Å². The first-order valence-corrected chi connectivity index (χ1v) is 13.6. The molecular weight excluding hydrogens is 513 g/mol. The van der Waals surface area contributed by atoms with Crippen molar-refractivity contribution in [3.63, 3.8) is 0 Å². The van der Waals surface area contributed by atoms with Crippen molar-refractivity contribution in [2.24, 2.45) is 16.7 Å². The summed E-state index contributed by atoms with van der Waals surface area (Å²) in [6, 6.07) is 4.76. The number of rotatable bonds is 5. The van der Waals surface area contributed by atoms with E-state index in [1.54, 1.807) is 0 Å². The van der Waals surface area contributed by atoms with Gasteiger partial charge >= 0.3 is 0 Å². The van der Waals surface area contributed by atoms with E-state index in [1.807, 2.05) is 20.8 Å². The number of amides is 1. The van der Waals surface area contributed by atoms with E-state index >= 15 is 4.39 Å². The largest absolute Gasteiger partial charge is 0.325 e. The molecule has 0 bridgehead atoms. The molecule has 0 radical (unpaired) electrons. The smallest absolute Gasteiger partial charge is 0.237 e. The van der Waals surface area contributed by atoms with Gasteiger partial charge in [-0.05, 0) is 65.3 Å². The molecular formula is C30H34ClF3N2O2. The van der Waals surface area contributed by atoms with Crippen molar-refractivity contribution >= 4 is 29.0 Å². The second kappa shape index (κ2) is 9.09. The molecule has 8 heteroatoms. The average molecular weight is 547 g/mol. The molecule has 0 unspecified atom stereocenters. The summed E-state index contributed by atoms with van der Waals surface area (Å²) in [4.78, 5) is 28.0. The van der Waals surface area contributed by atoms with Crippen molar-refractivity contribution in [3.05, 3.63) is 63.9 Å². The number of hydrogen-bond donors (Lipinski definition) is 2. The Hall–Kier alpha value is -2.38. The van der Waals surface area contributed by atoms with Gasteiger partial charge in [0.2, 0.25) is 5.91 Å². The van der Waals surface area contributed by atoms with Crippen LogP contribution in [-0.2, 0) is 15.0 Å². The fourth-order valence-corrected chi connectivity index (χ4v) is 7.44. The summed E-state index contributed by atoms with van der Waals surface area (Å²) in [5, 5.41) is 6.06. The number of carbonyl (C=O) groups excluding carboxylic acids is 2. The third-order valence-electron chi connectivity index (χ3n) is 8.54. The highest BCUT2D eigenvalue weighted by Gasteiger charge is 2.66. The number of ketones is 1. The lowest BCUT2D eigenvalue weighted by atomic mass is 9.60. The molecule has 4 atom stereocenters. The van der Waals surface area contributed by atoms with Crippen LogP contribution in [0.25, 0.3) is 0 Å². The summed E-state index contributed by atoms with van der Waals surface area (Å²) in [7, 11) is 0. The van der Waals surface area contributed by atoms with Gasteiger partial charge in [0.05, 0.1) is 11.1 Å². The van der Waals surface area contributed by atoms with Crippen LogP contribution in [0.2, 0.25) is 5.02 Å². The number of hydrogen-bond acceptors (Lipinski definition) is 3. The van der Waals surface area contributed by atoms with Gasteiger partial charge < -0.3 is 10.6 Å². The molecule has 0 aromatic heterocycles. The molecule has 2 heterocycles. The fourth-order valence-electron chi connectivity index (χ4n) is 7.27. The number of Topliss-reactive ketones (excluding diaryl/α,β-unsaturated/α-hetero) is 1. The first kappa shape index (κ1) is 27.2. The monoisotopic (exact) mass is 546 g/mol. The van der Waals surface area contributed by atoms with Crippen LogP contribution in [0.4, 0.5) is 18.9 Å². The molecule has 2 N–H and O–H groups in total. The van der Waals surface area contributed by atoms with Gasteiger partial charge in [-0.2, -0.15) is 0 Å². The lowest BCUT2D eigenvalue weighted by Crippen LogP contribution is -2.49. The molecule has 1 aliphatic carbocycles. The molecule has 5 rings (SSSR count). The molecule has 38 heavy (non-hydrogen) atoms. The van der Waals surface area contributed by atoms with E-state index in [9.17, 15) is 18.4 Å². The SMILES string of the molecule is CC(C)(C)C[C@@H]1N[C@@H](C(=O)CC2CC(C)(C)C2)[C@H](c2cccc(F)c2F)[C@]12C(=O)Nc1cc(Cl)c(F)cc12. The van der Waals surface area contributed by atoms with E-state index in [0.717, 1.165) is 18.9 Å². The van der Waals surface area contributed by atoms with Crippen LogP contribution in [0, 0.1) is 34.2 Å². The van der Waals surface area contributed by atoms with Gasteiger partial charge in [0.15, 0.2) is 17.4 Å². The standard InChI is InChI=1S/C30H34ClF3N2O2/c1-28(2,3)14-23-30(17-10-20(33)18(31)11-21(17)35-27(30)38)24(16-7-6-8-19(32)25(16)34)26(36-23)22(37)9-15-12-29(4,5)13-15/h6-8,10-11,15,23-24,26,36H,9,12-14H2,1-5H3,(H,35,38)/t23-,24-,26-,30+/m0/s1. The van der Waals surface area contributed by atoms with Crippen LogP contribution in [0.5, 0.6) is 0 Å². The van der Waals surface area contributed by atoms with Crippen LogP contribution < -0.4 is 10.6 Å². The lowest BCUT2D eigenvalue weighted by molar-refractivity contribution is -0.124. The third kappa shape index (κ3) is 4.36. The molecule has 1 spiro atoms. The highest BCUT2D eigenvalue weighted by atomic mass is 35.5. The summed E-state index contributed by atoms with van der Waals surface area (Å²) in [6.45, 7) is 10.3. The quantitative estimate of drug-likeness (QED) is 0.429. The topological polar surface area (TPSA) is 58.2 Å². The maximum absolute atomic E-state index is 15.5. The van der Waals surface area contributed by atoms with Crippen LogP contribution in [0.3, 0.4) is 0 Å². The van der Waals surface area contributed by atoms with Gasteiger partial charge in [-0.25, -0.2) is 13.2 Å².